The van der Waals surface area contributed by atoms with Crippen LogP contribution in [0.15, 0.2) is 43.0 Å². The van der Waals surface area contributed by atoms with E-state index in [9.17, 15) is 5.11 Å². The average Bonchev–Trinajstić information content (AvgIpc) is 2.70. The van der Waals surface area contributed by atoms with Crippen molar-refractivity contribution in [1.82, 2.24) is 0 Å². The molecule has 1 N–H and O–H groups in total. The predicted molar refractivity (Wildman–Crippen MR) is 127 cm³/mol. The van der Waals surface area contributed by atoms with Gasteiger partial charge in [0.15, 0.2) is 8.32 Å². The largest absolute Gasteiger partial charge is 0.496 e. The summed E-state index contributed by atoms with van der Waals surface area (Å²) in [6.45, 7) is 17.5. The summed E-state index contributed by atoms with van der Waals surface area (Å²) in [5.41, 5.74) is 3.42. The van der Waals surface area contributed by atoms with Crippen LogP contribution in [0.5, 0.6) is 11.5 Å². The quantitative estimate of drug-likeness (QED) is 0.477. The number of benzene rings is 2. The molecule has 2 aromatic rings. The Bertz CT molecular complexity index is 854. The minimum Gasteiger partial charge on any atom is -0.496 e. The van der Waals surface area contributed by atoms with Gasteiger partial charge in [-0.2, -0.15) is 0 Å². The smallest absolute Gasteiger partial charge is 0.192 e. The van der Waals surface area contributed by atoms with Crippen molar-refractivity contribution in [3.63, 3.8) is 0 Å². The van der Waals surface area contributed by atoms with E-state index in [0.29, 0.717) is 23.7 Å². The molecule has 0 radical (unpaired) electrons. The number of hydrogen-bond donors (Lipinski definition) is 1. The molecule has 2 rings (SSSR count). The Hall–Kier alpha value is -2.08. The summed E-state index contributed by atoms with van der Waals surface area (Å²) in [4.78, 5) is 0. The van der Waals surface area contributed by atoms with E-state index in [1.807, 2.05) is 43.3 Å². The van der Waals surface area contributed by atoms with Crippen molar-refractivity contribution in [2.45, 2.75) is 58.5 Å². The minimum atomic E-state index is -1.98. The van der Waals surface area contributed by atoms with E-state index in [4.69, 9.17) is 13.9 Å². The zero-order valence-electron chi connectivity index (χ0n) is 19.4. The molecule has 1 atom stereocenters. The normalized spacial score (nSPS) is 13.1. The number of aliphatic hydroxyl groups is 1. The summed E-state index contributed by atoms with van der Waals surface area (Å²) in [5, 5.41) is 11.1. The van der Waals surface area contributed by atoms with E-state index in [-0.39, 0.29) is 11.6 Å². The molecule has 4 nitrogen and oxygen atoms in total. The fraction of sp³-hybridized carbons (Fsp3) is 0.440. The van der Waals surface area contributed by atoms with E-state index in [1.165, 1.54) is 0 Å². The summed E-state index contributed by atoms with van der Waals surface area (Å²) >= 11 is 0. The maximum atomic E-state index is 11.0. The highest BCUT2D eigenvalue weighted by atomic mass is 28.4. The highest BCUT2D eigenvalue weighted by Crippen LogP contribution is 2.40. The summed E-state index contributed by atoms with van der Waals surface area (Å²) < 4.78 is 18.0. The third-order valence-corrected chi connectivity index (χ3v) is 10.5. The van der Waals surface area contributed by atoms with Gasteiger partial charge in [0.25, 0.3) is 0 Å². The first-order chi connectivity index (χ1) is 14.0. The van der Waals surface area contributed by atoms with Crippen molar-refractivity contribution in [2.75, 3.05) is 13.7 Å². The lowest BCUT2D eigenvalue weighted by molar-refractivity contribution is 0.0996. The summed E-state index contributed by atoms with van der Waals surface area (Å²) in [6, 6.07) is 11.9. The van der Waals surface area contributed by atoms with Gasteiger partial charge >= 0.3 is 0 Å². The Labute approximate surface area is 182 Å². The van der Waals surface area contributed by atoms with Crippen molar-refractivity contribution < 1.29 is 19.0 Å². The van der Waals surface area contributed by atoms with Gasteiger partial charge < -0.3 is 19.0 Å². The standard InChI is InChI=1S/C25H36O4Si/c1-9-20-21(22(26)17-29-30(7,8)25(3,4)5)15-23(27-6)18(2)24(20)28-16-19-13-11-10-12-14-19/h9-15,22,26H,1,16-17H2,2-8H3. The molecule has 0 aromatic heterocycles. The highest BCUT2D eigenvalue weighted by molar-refractivity contribution is 6.74. The van der Waals surface area contributed by atoms with Gasteiger partial charge in [-0.25, -0.2) is 0 Å². The van der Waals surface area contributed by atoms with Crippen LogP contribution in [0.25, 0.3) is 6.08 Å². The monoisotopic (exact) mass is 428 g/mol. The topological polar surface area (TPSA) is 47.9 Å². The molecule has 0 fully saturated rings. The molecule has 0 amide bonds. The van der Waals surface area contributed by atoms with Crippen molar-refractivity contribution >= 4 is 14.4 Å². The van der Waals surface area contributed by atoms with E-state index >= 15 is 0 Å². The zero-order chi connectivity index (χ0) is 22.5. The lowest BCUT2D eigenvalue weighted by Crippen LogP contribution is -2.41. The number of rotatable bonds is 9. The second-order valence-corrected chi connectivity index (χ2v) is 13.9. The lowest BCUT2D eigenvalue weighted by Gasteiger charge is -2.37. The molecular formula is C25H36O4Si. The molecule has 0 heterocycles. The maximum Gasteiger partial charge on any atom is 0.192 e. The molecule has 0 aliphatic carbocycles. The van der Waals surface area contributed by atoms with Crippen molar-refractivity contribution in [3.05, 3.63) is 65.2 Å². The second kappa shape index (κ2) is 9.82. The van der Waals surface area contributed by atoms with Crippen LogP contribution >= 0.6 is 0 Å². The second-order valence-electron chi connectivity index (χ2n) is 9.10. The van der Waals surface area contributed by atoms with Gasteiger partial charge in [0.05, 0.1) is 13.7 Å². The van der Waals surface area contributed by atoms with Crippen LogP contribution in [0.3, 0.4) is 0 Å². The molecule has 5 heteroatoms. The molecule has 0 bridgehead atoms. The van der Waals surface area contributed by atoms with Crippen LogP contribution in [0.1, 0.15) is 49.1 Å². The molecule has 1 unspecified atom stereocenters. The lowest BCUT2D eigenvalue weighted by atomic mass is 9.97. The Morgan fingerprint density at radius 2 is 1.80 bits per heavy atom. The number of ether oxygens (including phenoxy) is 2. The van der Waals surface area contributed by atoms with Crippen LogP contribution in [0.4, 0.5) is 0 Å². The summed E-state index contributed by atoms with van der Waals surface area (Å²) in [6.07, 6.45) is 0.929. The van der Waals surface area contributed by atoms with Gasteiger partial charge in [0, 0.05) is 11.1 Å². The van der Waals surface area contributed by atoms with E-state index in [1.54, 1.807) is 13.2 Å². The van der Waals surface area contributed by atoms with Gasteiger partial charge in [-0.3, -0.25) is 0 Å². The molecule has 2 aromatic carbocycles. The van der Waals surface area contributed by atoms with Gasteiger partial charge in [0.2, 0.25) is 0 Å². The number of aliphatic hydroxyl groups excluding tert-OH is 1. The third-order valence-electron chi connectivity index (χ3n) is 5.97. The molecule has 0 aliphatic rings. The summed E-state index contributed by atoms with van der Waals surface area (Å²) in [5.74, 6) is 1.35. The van der Waals surface area contributed by atoms with E-state index in [0.717, 1.165) is 16.7 Å². The van der Waals surface area contributed by atoms with Crippen LogP contribution in [-0.4, -0.2) is 27.1 Å². The molecule has 0 spiro atoms. The minimum absolute atomic E-state index is 0.0723. The first kappa shape index (κ1) is 24.2. The molecule has 0 saturated carbocycles. The van der Waals surface area contributed by atoms with Crippen LogP contribution < -0.4 is 9.47 Å². The van der Waals surface area contributed by atoms with Gasteiger partial charge in [0.1, 0.15) is 24.2 Å². The molecule has 164 valence electrons. The number of hydrogen-bond acceptors (Lipinski definition) is 4. The van der Waals surface area contributed by atoms with Crippen LogP contribution in [0, 0.1) is 6.92 Å². The summed E-state index contributed by atoms with van der Waals surface area (Å²) in [7, 11) is -0.358. The molecule has 0 aliphatic heterocycles. The molecular weight excluding hydrogens is 392 g/mol. The third kappa shape index (κ3) is 5.54. The predicted octanol–water partition coefficient (Wildman–Crippen LogP) is 6.28. The van der Waals surface area contributed by atoms with Crippen LogP contribution in [0.2, 0.25) is 18.1 Å². The fourth-order valence-electron chi connectivity index (χ4n) is 2.98. The van der Waals surface area contributed by atoms with Gasteiger partial charge in [-0.15, -0.1) is 0 Å². The molecule has 30 heavy (non-hydrogen) atoms. The first-order valence-corrected chi connectivity index (χ1v) is 13.2. The van der Waals surface area contributed by atoms with E-state index < -0.39 is 14.4 Å². The fourth-order valence-corrected chi connectivity index (χ4v) is 3.99. The SMILES string of the molecule is C=Cc1c(C(O)CO[Si](C)(C)C(C)(C)C)cc(OC)c(C)c1OCc1ccccc1. The van der Waals surface area contributed by atoms with Crippen molar-refractivity contribution in [2.24, 2.45) is 0 Å². The van der Waals surface area contributed by atoms with Gasteiger partial charge in [-0.1, -0.05) is 63.8 Å². The van der Waals surface area contributed by atoms with Gasteiger partial charge in [-0.05, 0) is 42.2 Å². The Balaban J connectivity index is 2.35. The Morgan fingerprint density at radius 1 is 1.17 bits per heavy atom. The first-order valence-electron chi connectivity index (χ1n) is 10.3. The van der Waals surface area contributed by atoms with Crippen molar-refractivity contribution in [1.29, 1.82) is 0 Å². The molecule has 0 saturated heterocycles. The van der Waals surface area contributed by atoms with Crippen LogP contribution in [-0.2, 0) is 11.0 Å². The Morgan fingerprint density at radius 3 is 2.33 bits per heavy atom. The Kier molecular flexibility index (Phi) is 7.91. The maximum absolute atomic E-state index is 11.0. The number of methoxy groups -OCH3 is 1. The zero-order valence-corrected chi connectivity index (χ0v) is 20.4. The van der Waals surface area contributed by atoms with Crippen molar-refractivity contribution in [3.8, 4) is 11.5 Å². The van der Waals surface area contributed by atoms with E-state index in [2.05, 4.69) is 40.4 Å². The highest BCUT2D eigenvalue weighted by Gasteiger charge is 2.37. The average molecular weight is 429 g/mol.